The average Bonchev–Trinajstić information content (AvgIpc) is 2.54. The molecule has 0 saturated heterocycles. The number of anilines is 1. The Morgan fingerprint density at radius 3 is 2.48 bits per heavy atom. The third kappa shape index (κ3) is 6.92. The second-order valence-electron chi connectivity index (χ2n) is 5.21. The van der Waals surface area contributed by atoms with Crippen LogP contribution in [0.5, 0.6) is 0 Å². The van der Waals surface area contributed by atoms with Gasteiger partial charge in [0, 0.05) is 30.6 Å². The molecule has 0 aliphatic rings. The van der Waals surface area contributed by atoms with Gasteiger partial charge < -0.3 is 21.5 Å². The highest BCUT2D eigenvalue weighted by Crippen LogP contribution is 2.31. The van der Waals surface area contributed by atoms with Gasteiger partial charge in [-0.2, -0.15) is 24.9 Å². The van der Waals surface area contributed by atoms with Crippen LogP contribution in [0.25, 0.3) is 0 Å². The van der Waals surface area contributed by atoms with Crippen LogP contribution >= 0.6 is 11.8 Å². The van der Waals surface area contributed by atoms with Gasteiger partial charge in [-0.1, -0.05) is 0 Å². The molecule has 1 atom stereocenters. The highest BCUT2D eigenvalue weighted by atomic mass is 32.2. The van der Waals surface area contributed by atoms with Gasteiger partial charge in [-0.3, -0.25) is 9.59 Å². The minimum Gasteiger partial charge on any atom is -0.396 e. The molecule has 140 valence electrons. The van der Waals surface area contributed by atoms with E-state index in [9.17, 15) is 22.8 Å². The van der Waals surface area contributed by atoms with Crippen LogP contribution in [-0.4, -0.2) is 41.6 Å². The van der Waals surface area contributed by atoms with Crippen LogP contribution in [0.4, 0.5) is 18.9 Å². The number of nitrogens with two attached hydrogens (primary N) is 1. The fraction of sp³-hybridized carbons (Fsp3) is 0.467. The van der Waals surface area contributed by atoms with Crippen molar-refractivity contribution in [1.29, 1.82) is 0 Å². The number of hydrogen-bond acceptors (Lipinski definition) is 5. The molecular weight excluding hydrogens is 359 g/mol. The van der Waals surface area contributed by atoms with Crippen molar-refractivity contribution in [3.63, 3.8) is 0 Å². The van der Waals surface area contributed by atoms with Crippen LogP contribution < -0.4 is 16.4 Å². The van der Waals surface area contributed by atoms with Crippen LogP contribution in [0.2, 0.25) is 0 Å². The first kappa shape index (κ1) is 21.3. The van der Waals surface area contributed by atoms with Gasteiger partial charge in [0.05, 0.1) is 5.56 Å². The lowest BCUT2D eigenvalue weighted by Gasteiger charge is -2.17. The topological polar surface area (TPSA) is 104 Å². The summed E-state index contributed by atoms with van der Waals surface area (Å²) in [6.45, 7) is -0.314. The third-order valence-electron chi connectivity index (χ3n) is 3.20. The molecule has 1 rings (SSSR count). The number of amides is 2. The summed E-state index contributed by atoms with van der Waals surface area (Å²) in [7, 11) is 0. The van der Waals surface area contributed by atoms with E-state index in [-0.39, 0.29) is 30.8 Å². The Morgan fingerprint density at radius 1 is 1.28 bits per heavy atom. The largest absolute Gasteiger partial charge is 0.416 e. The predicted molar refractivity (Wildman–Crippen MR) is 90.0 cm³/mol. The SMILES string of the molecule is CSCC(CCO)NC(=O)C(=O)Nc1cc(CN)cc(C(F)(F)F)c1. The maximum atomic E-state index is 12.9. The smallest absolute Gasteiger partial charge is 0.396 e. The number of alkyl halides is 3. The normalized spacial score (nSPS) is 12.6. The summed E-state index contributed by atoms with van der Waals surface area (Å²) in [5, 5.41) is 13.5. The molecule has 6 nitrogen and oxygen atoms in total. The minimum absolute atomic E-state index is 0.148. The quantitative estimate of drug-likeness (QED) is 0.535. The molecule has 10 heteroatoms. The molecule has 1 aromatic carbocycles. The van der Waals surface area contributed by atoms with E-state index in [4.69, 9.17) is 10.8 Å². The van der Waals surface area contributed by atoms with Gasteiger partial charge >= 0.3 is 18.0 Å². The molecule has 0 aliphatic heterocycles. The maximum absolute atomic E-state index is 12.9. The number of aliphatic hydroxyl groups is 1. The highest BCUT2D eigenvalue weighted by molar-refractivity contribution is 7.98. The number of halogens is 3. The zero-order valence-corrected chi connectivity index (χ0v) is 14.3. The van der Waals surface area contributed by atoms with Crippen LogP contribution in [0.15, 0.2) is 18.2 Å². The molecule has 5 N–H and O–H groups in total. The molecule has 0 fully saturated rings. The van der Waals surface area contributed by atoms with Crippen molar-refractivity contribution < 1.29 is 27.9 Å². The second kappa shape index (κ2) is 9.64. The zero-order chi connectivity index (χ0) is 19.0. The number of rotatable bonds is 7. The number of carbonyl (C=O) groups excluding carboxylic acids is 2. The van der Waals surface area contributed by atoms with Gasteiger partial charge in [0.25, 0.3) is 0 Å². The van der Waals surface area contributed by atoms with E-state index in [1.807, 2.05) is 0 Å². The van der Waals surface area contributed by atoms with E-state index in [2.05, 4.69) is 10.6 Å². The van der Waals surface area contributed by atoms with Crippen molar-refractivity contribution in [2.75, 3.05) is 23.9 Å². The second-order valence-corrected chi connectivity index (χ2v) is 6.12. The summed E-state index contributed by atoms with van der Waals surface area (Å²) in [5.41, 5.74) is 4.41. The number of aliphatic hydroxyl groups excluding tert-OH is 1. The Morgan fingerprint density at radius 2 is 1.96 bits per heavy atom. The summed E-state index contributed by atoms with van der Waals surface area (Å²) in [6.07, 6.45) is -2.54. The molecular formula is C15H20F3N3O3S. The first-order valence-corrected chi connectivity index (χ1v) is 8.73. The molecule has 0 aromatic heterocycles. The maximum Gasteiger partial charge on any atom is 0.416 e. The summed E-state index contributed by atoms with van der Waals surface area (Å²) < 4.78 is 38.6. The van der Waals surface area contributed by atoms with E-state index in [0.717, 1.165) is 12.1 Å². The minimum atomic E-state index is -4.60. The zero-order valence-electron chi connectivity index (χ0n) is 13.5. The first-order chi connectivity index (χ1) is 11.7. The van der Waals surface area contributed by atoms with E-state index in [0.29, 0.717) is 5.75 Å². The van der Waals surface area contributed by atoms with Gasteiger partial charge in [0.15, 0.2) is 0 Å². The molecule has 0 saturated carbocycles. The van der Waals surface area contributed by atoms with Gasteiger partial charge in [-0.15, -0.1) is 0 Å². The Balaban J connectivity index is 2.86. The standard InChI is InChI=1S/C15H20F3N3O3S/c1-25-8-11(2-3-22)20-13(23)14(24)21-12-5-9(7-19)4-10(6-12)15(16,17)18/h4-6,11,22H,2-3,7-8,19H2,1H3,(H,20,23)(H,21,24). The van der Waals surface area contributed by atoms with Gasteiger partial charge in [0.2, 0.25) is 0 Å². The van der Waals surface area contributed by atoms with Crippen molar-refractivity contribution in [3.05, 3.63) is 29.3 Å². The van der Waals surface area contributed by atoms with E-state index in [1.165, 1.54) is 17.8 Å². The lowest BCUT2D eigenvalue weighted by molar-refractivity contribution is -0.137. The Labute approximate surface area is 147 Å². The third-order valence-corrected chi connectivity index (χ3v) is 3.94. The number of carbonyl (C=O) groups is 2. The van der Waals surface area contributed by atoms with E-state index in [1.54, 1.807) is 6.26 Å². The lowest BCUT2D eigenvalue weighted by Crippen LogP contribution is -2.43. The summed E-state index contributed by atoms with van der Waals surface area (Å²) in [5.74, 6) is -1.59. The Bertz CT molecular complexity index is 605. The van der Waals surface area contributed by atoms with Crippen LogP contribution in [-0.2, 0) is 22.3 Å². The summed E-state index contributed by atoms with van der Waals surface area (Å²) >= 11 is 1.42. The monoisotopic (exact) mass is 379 g/mol. The van der Waals surface area contributed by atoms with Crippen molar-refractivity contribution in [3.8, 4) is 0 Å². The van der Waals surface area contributed by atoms with Crippen LogP contribution in [0.1, 0.15) is 17.5 Å². The molecule has 1 unspecified atom stereocenters. The number of benzene rings is 1. The average molecular weight is 379 g/mol. The van der Waals surface area contributed by atoms with Gasteiger partial charge in [0.1, 0.15) is 0 Å². The van der Waals surface area contributed by atoms with Crippen molar-refractivity contribution in [2.24, 2.45) is 5.73 Å². The van der Waals surface area contributed by atoms with E-state index < -0.39 is 29.6 Å². The first-order valence-electron chi connectivity index (χ1n) is 7.34. The van der Waals surface area contributed by atoms with E-state index >= 15 is 0 Å². The van der Waals surface area contributed by atoms with Gasteiger partial charge in [-0.25, -0.2) is 0 Å². The molecule has 25 heavy (non-hydrogen) atoms. The molecule has 0 spiro atoms. The predicted octanol–water partition coefficient (Wildman–Crippen LogP) is 1.33. The Hall–Kier alpha value is -1.78. The summed E-state index contributed by atoms with van der Waals surface area (Å²) in [6, 6.07) is 2.47. The summed E-state index contributed by atoms with van der Waals surface area (Å²) in [4.78, 5) is 23.8. The molecule has 1 aromatic rings. The molecule has 2 amide bonds. The fourth-order valence-electron chi connectivity index (χ4n) is 2.04. The van der Waals surface area contributed by atoms with Gasteiger partial charge in [-0.05, 0) is 36.4 Å². The Kier molecular flexibility index (Phi) is 8.20. The molecule has 0 bridgehead atoms. The highest BCUT2D eigenvalue weighted by Gasteiger charge is 2.31. The number of thioether (sulfide) groups is 1. The molecule has 0 aliphatic carbocycles. The number of hydrogen-bond donors (Lipinski definition) is 4. The molecule has 0 heterocycles. The fourth-order valence-corrected chi connectivity index (χ4v) is 2.69. The lowest BCUT2D eigenvalue weighted by atomic mass is 10.1. The van der Waals surface area contributed by atoms with Crippen LogP contribution in [0.3, 0.4) is 0 Å². The number of nitrogens with one attached hydrogen (secondary N) is 2. The van der Waals surface area contributed by atoms with Crippen molar-refractivity contribution in [1.82, 2.24) is 5.32 Å². The molecule has 0 radical (unpaired) electrons. The van der Waals surface area contributed by atoms with Crippen molar-refractivity contribution >= 4 is 29.3 Å². The van der Waals surface area contributed by atoms with Crippen LogP contribution in [0, 0.1) is 0 Å². The van der Waals surface area contributed by atoms with Crippen molar-refractivity contribution in [2.45, 2.75) is 25.2 Å².